The van der Waals surface area contributed by atoms with E-state index in [4.69, 9.17) is 10.8 Å². The molecular weight excluding hydrogens is 489 g/mol. The number of hydrogen-bond acceptors (Lipinski definition) is 6. The molecule has 36 heavy (non-hydrogen) atoms. The van der Waals surface area contributed by atoms with Crippen LogP contribution in [0.25, 0.3) is 11.1 Å². The Morgan fingerprint density at radius 3 is 2.14 bits per heavy atom. The summed E-state index contributed by atoms with van der Waals surface area (Å²) < 4.78 is 41.1. The number of carboxylic acid groups (broad SMARTS) is 1. The summed E-state index contributed by atoms with van der Waals surface area (Å²) in [7, 11) is 2.10. The minimum Gasteiger partial charge on any atom is -0.480 e. The summed E-state index contributed by atoms with van der Waals surface area (Å²) in [6.07, 6.45) is -2.43. The number of hydrogen-bond donors (Lipinski definition) is 2. The molecule has 1 fully saturated rings. The Morgan fingerprint density at radius 1 is 1.03 bits per heavy atom. The van der Waals surface area contributed by atoms with Crippen LogP contribution in [0, 0.1) is 0 Å². The van der Waals surface area contributed by atoms with E-state index in [1.54, 1.807) is 18.3 Å². The van der Waals surface area contributed by atoms with Crippen LogP contribution in [-0.2, 0) is 4.79 Å². The zero-order valence-corrected chi connectivity index (χ0v) is 22.0. The van der Waals surface area contributed by atoms with Crippen molar-refractivity contribution >= 4 is 23.5 Å². The van der Waals surface area contributed by atoms with Gasteiger partial charge in [0.1, 0.15) is 11.9 Å². The van der Waals surface area contributed by atoms with E-state index in [9.17, 15) is 18.0 Å². The van der Waals surface area contributed by atoms with E-state index in [0.717, 1.165) is 43.1 Å². The van der Waals surface area contributed by atoms with Gasteiger partial charge in [-0.05, 0) is 54.7 Å². The number of benzene rings is 1. The second-order valence-electron chi connectivity index (χ2n) is 8.55. The van der Waals surface area contributed by atoms with E-state index in [2.05, 4.69) is 21.8 Å². The predicted octanol–water partition coefficient (Wildman–Crippen LogP) is 5.10. The Hall–Kier alpha value is -2.30. The van der Waals surface area contributed by atoms with Gasteiger partial charge in [0.15, 0.2) is 0 Å². The SMILES string of the molecule is CC.CN1CCN(c2ccc(-c3ccc(C(CCSCCC(N)C(=O)O)C(F)(F)F)cc3)cn2)CC1. The second-order valence-corrected chi connectivity index (χ2v) is 9.77. The highest BCUT2D eigenvalue weighted by Gasteiger charge is 2.40. The number of alkyl halides is 3. The van der Waals surface area contributed by atoms with Crippen molar-refractivity contribution in [2.24, 2.45) is 5.73 Å². The first-order chi connectivity index (χ1) is 17.1. The molecule has 10 heteroatoms. The molecule has 0 spiro atoms. The van der Waals surface area contributed by atoms with Gasteiger partial charge in [0.05, 0.1) is 5.92 Å². The molecule has 1 saturated heterocycles. The lowest BCUT2D eigenvalue weighted by molar-refractivity contribution is -0.150. The van der Waals surface area contributed by atoms with E-state index >= 15 is 0 Å². The van der Waals surface area contributed by atoms with Gasteiger partial charge in [0.25, 0.3) is 0 Å². The van der Waals surface area contributed by atoms with Gasteiger partial charge in [0, 0.05) is 37.9 Å². The molecule has 2 atom stereocenters. The van der Waals surface area contributed by atoms with Crippen molar-refractivity contribution in [2.75, 3.05) is 49.6 Å². The molecule has 6 nitrogen and oxygen atoms in total. The number of nitrogens with zero attached hydrogens (tertiary/aromatic N) is 3. The minimum absolute atomic E-state index is 0.0723. The number of carbonyl (C=O) groups is 1. The molecule has 1 aliphatic heterocycles. The molecule has 0 aliphatic carbocycles. The van der Waals surface area contributed by atoms with Crippen molar-refractivity contribution in [3.8, 4) is 11.1 Å². The van der Waals surface area contributed by atoms with Crippen LogP contribution in [0.5, 0.6) is 0 Å². The fraction of sp³-hybridized carbons (Fsp3) is 0.538. The van der Waals surface area contributed by atoms with Gasteiger partial charge in [-0.1, -0.05) is 38.1 Å². The predicted molar refractivity (Wildman–Crippen MR) is 142 cm³/mol. The molecule has 2 aromatic rings. The molecule has 200 valence electrons. The molecular formula is C26H37F3N4O2S. The van der Waals surface area contributed by atoms with Crippen molar-refractivity contribution in [2.45, 2.75) is 44.8 Å². The standard InChI is InChI=1S/C24H31F3N4O2S.C2H6/c1-30-10-12-31(13-11-30)22-7-6-19(16-29-22)17-2-4-18(5-3-17)20(24(25,26)27)8-14-34-15-9-21(28)23(32)33;1-2/h2-7,16,20-21H,8-15,28H2,1H3,(H,32,33);1-2H3. The van der Waals surface area contributed by atoms with Crippen LogP contribution in [0.4, 0.5) is 19.0 Å². The van der Waals surface area contributed by atoms with Crippen LogP contribution < -0.4 is 10.6 Å². The highest BCUT2D eigenvalue weighted by Crippen LogP contribution is 2.39. The van der Waals surface area contributed by atoms with E-state index in [1.807, 2.05) is 26.0 Å². The number of anilines is 1. The van der Waals surface area contributed by atoms with Crippen LogP contribution in [-0.4, -0.2) is 77.9 Å². The molecule has 1 aliphatic rings. The van der Waals surface area contributed by atoms with Gasteiger partial charge in [-0.15, -0.1) is 0 Å². The second kappa shape index (κ2) is 14.4. The van der Waals surface area contributed by atoms with Crippen LogP contribution in [0.3, 0.4) is 0 Å². The average molecular weight is 527 g/mol. The van der Waals surface area contributed by atoms with Gasteiger partial charge in [-0.2, -0.15) is 24.9 Å². The molecule has 2 heterocycles. The summed E-state index contributed by atoms with van der Waals surface area (Å²) in [5.41, 5.74) is 7.33. The zero-order chi connectivity index (χ0) is 26.7. The molecule has 3 rings (SSSR count). The first kappa shape index (κ1) is 29.9. The first-order valence-electron chi connectivity index (χ1n) is 12.3. The maximum atomic E-state index is 13.7. The van der Waals surface area contributed by atoms with Crippen LogP contribution in [0.15, 0.2) is 42.6 Å². The monoisotopic (exact) mass is 526 g/mol. The number of carboxylic acids is 1. The smallest absolute Gasteiger partial charge is 0.395 e. The first-order valence-corrected chi connectivity index (χ1v) is 13.4. The Labute approximate surface area is 216 Å². The lowest BCUT2D eigenvalue weighted by Gasteiger charge is -2.33. The number of thioether (sulfide) groups is 1. The van der Waals surface area contributed by atoms with Crippen molar-refractivity contribution in [3.05, 3.63) is 48.2 Å². The molecule has 1 aromatic carbocycles. The highest BCUT2D eigenvalue weighted by molar-refractivity contribution is 7.99. The van der Waals surface area contributed by atoms with Gasteiger partial charge in [-0.25, -0.2) is 4.98 Å². The molecule has 0 amide bonds. The number of likely N-dealkylation sites (N-methyl/N-ethyl adjacent to an activating group) is 1. The zero-order valence-electron chi connectivity index (χ0n) is 21.2. The minimum atomic E-state index is -4.36. The van der Waals surface area contributed by atoms with Gasteiger partial charge < -0.3 is 20.6 Å². The van der Waals surface area contributed by atoms with Crippen molar-refractivity contribution in [1.29, 1.82) is 0 Å². The third-order valence-electron chi connectivity index (χ3n) is 6.06. The summed E-state index contributed by atoms with van der Waals surface area (Å²) in [4.78, 5) is 19.8. The highest BCUT2D eigenvalue weighted by atomic mass is 32.2. The third kappa shape index (κ3) is 8.97. The average Bonchev–Trinajstić information content (AvgIpc) is 2.87. The number of halogens is 3. The van der Waals surface area contributed by atoms with Crippen LogP contribution in [0.1, 0.15) is 38.2 Å². The molecule has 0 bridgehead atoms. The van der Waals surface area contributed by atoms with Crippen molar-refractivity contribution in [3.63, 3.8) is 0 Å². The number of aliphatic carboxylic acids is 1. The van der Waals surface area contributed by atoms with E-state index in [0.29, 0.717) is 5.75 Å². The number of pyridine rings is 1. The summed E-state index contributed by atoms with van der Waals surface area (Å²) in [6.45, 7) is 7.81. The van der Waals surface area contributed by atoms with Crippen LogP contribution >= 0.6 is 11.8 Å². The quantitative estimate of drug-likeness (QED) is 0.417. The topological polar surface area (TPSA) is 82.7 Å². The summed E-state index contributed by atoms with van der Waals surface area (Å²) in [5, 5.41) is 8.78. The molecule has 2 unspecified atom stereocenters. The molecule has 3 N–H and O–H groups in total. The Balaban J connectivity index is 0.00000222. The normalized spacial score (nSPS) is 16.1. The molecule has 1 aromatic heterocycles. The van der Waals surface area contributed by atoms with Crippen molar-refractivity contribution < 1.29 is 23.1 Å². The maximum absolute atomic E-state index is 13.7. The Bertz CT molecular complexity index is 918. The van der Waals surface area contributed by atoms with E-state index in [-0.39, 0.29) is 24.2 Å². The lowest BCUT2D eigenvalue weighted by Crippen LogP contribution is -2.44. The largest absolute Gasteiger partial charge is 0.480 e. The number of piperazine rings is 1. The lowest BCUT2D eigenvalue weighted by atomic mass is 9.94. The van der Waals surface area contributed by atoms with Gasteiger partial charge in [-0.3, -0.25) is 4.79 Å². The van der Waals surface area contributed by atoms with Gasteiger partial charge >= 0.3 is 12.1 Å². The van der Waals surface area contributed by atoms with Gasteiger partial charge in [0.2, 0.25) is 0 Å². The van der Waals surface area contributed by atoms with Crippen molar-refractivity contribution in [1.82, 2.24) is 9.88 Å². The fourth-order valence-electron chi connectivity index (χ4n) is 3.84. The number of aromatic nitrogens is 1. The number of nitrogens with two attached hydrogens (primary N) is 1. The summed E-state index contributed by atoms with van der Waals surface area (Å²) in [6, 6.07) is 9.41. The van der Waals surface area contributed by atoms with E-state index < -0.39 is 24.1 Å². The molecule has 0 saturated carbocycles. The third-order valence-corrected chi connectivity index (χ3v) is 7.11. The number of rotatable bonds is 10. The van der Waals surface area contributed by atoms with E-state index in [1.165, 1.54) is 23.9 Å². The Kier molecular flexibility index (Phi) is 12.0. The molecule has 0 radical (unpaired) electrons. The maximum Gasteiger partial charge on any atom is 0.395 e. The fourth-order valence-corrected chi connectivity index (χ4v) is 4.87. The summed E-state index contributed by atoms with van der Waals surface area (Å²) >= 11 is 1.29. The Morgan fingerprint density at radius 2 is 1.61 bits per heavy atom. The summed E-state index contributed by atoms with van der Waals surface area (Å²) in [5.74, 6) is -1.07. The van der Waals surface area contributed by atoms with Crippen LogP contribution in [0.2, 0.25) is 0 Å².